The van der Waals surface area contributed by atoms with Gasteiger partial charge in [0.05, 0.1) is 24.3 Å². The van der Waals surface area contributed by atoms with E-state index in [2.05, 4.69) is 5.32 Å². The maximum Gasteiger partial charge on any atom is 0.292 e. The molecule has 198 valence electrons. The number of carbonyl (C=O) groups excluding carboxylic acids is 2. The molecule has 2 aromatic carbocycles. The van der Waals surface area contributed by atoms with Gasteiger partial charge >= 0.3 is 0 Å². The van der Waals surface area contributed by atoms with Crippen molar-refractivity contribution in [3.8, 4) is 0 Å². The predicted molar refractivity (Wildman–Crippen MR) is 133 cm³/mol. The van der Waals surface area contributed by atoms with Crippen LogP contribution in [0.5, 0.6) is 0 Å². The van der Waals surface area contributed by atoms with E-state index in [9.17, 15) is 37.8 Å². The van der Waals surface area contributed by atoms with Crippen LogP contribution >= 0.6 is 0 Å². The minimum Gasteiger partial charge on any atom is -0.507 e. The minimum atomic E-state index is -1.16. The van der Waals surface area contributed by atoms with E-state index >= 15 is 0 Å². The van der Waals surface area contributed by atoms with Gasteiger partial charge in [0, 0.05) is 24.3 Å². The van der Waals surface area contributed by atoms with Crippen LogP contribution in [0.15, 0.2) is 65.6 Å². The second-order valence-corrected chi connectivity index (χ2v) is 9.14. The molecule has 2 unspecified atom stereocenters. The molecule has 1 aliphatic rings. The first-order valence-corrected chi connectivity index (χ1v) is 12.0. The number of amides is 1. The Morgan fingerprint density at radius 3 is 2.37 bits per heavy atom. The second kappa shape index (κ2) is 11.5. The molecule has 2 atom stereocenters. The van der Waals surface area contributed by atoms with Gasteiger partial charge in [0.25, 0.3) is 11.5 Å². The van der Waals surface area contributed by atoms with Crippen molar-refractivity contribution in [1.29, 1.82) is 0 Å². The Balaban J connectivity index is 1.70. The molecule has 3 aromatic rings. The molecule has 7 nitrogen and oxygen atoms in total. The molecular formula is C28H25F3N2O5. The van der Waals surface area contributed by atoms with Crippen LogP contribution in [0.3, 0.4) is 0 Å². The van der Waals surface area contributed by atoms with Crippen molar-refractivity contribution in [1.82, 2.24) is 9.88 Å². The van der Waals surface area contributed by atoms with Gasteiger partial charge in [-0.3, -0.25) is 14.4 Å². The highest BCUT2D eigenvalue weighted by Gasteiger charge is 2.28. The third-order valence-electron chi connectivity index (χ3n) is 6.45. The molecule has 1 aliphatic carbocycles. The summed E-state index contributed by atoms with van der Waals surface area (Å²) in [4.78, 5) is 37.9. The fraction of sp³-hybridized carbons (Fsp3) is 0.250. The number of nitrogens with zero attached hydrogens (tertiary/aromatic N) is 1. The quantitative estimate of drug-likeness (QED) is 0.237. The standard InChI is InChI=1S/C28H25F3N2O5/c29-20-6-2-1-5-17(20)11-16-12-18(25(35)13-26(36)27(37)32-23-9-4-10-24(23)34)28(38)33(14-16)15-19-21(30)7-3-8-22(19)31/h1-3,5-8,12-14,23-24,34-35H,4,9-11,15H2,(H,32,37). The van der Waals surface area contributed by atoms with E-state index in [1.165, 1.54) is 36.5 Å². The van der Waals surface area contributed by atoms with Crippen LogP contribution in [0, 0.1) is 17.5 Å². The van der Waals surface area contributed by atoms with E-state index in [1.807, 2.05) is 0 Å². The van der Waals surface area contributed by atoms with Crippen molar-refractivity contribution in [2.24, 2.45) is 0 Å². The van der Waals surface area contributed by atoms with Gasteiger partial charge in [-0.25, -0.2) is 13.2 Å². The SMILES string of the molecule is O=C(C=C(O)c1cc(Cc2ccccc2F)cn(Cc2c(F)cccc2F)c1=O)C(=O)NC1CCCC1O. The fourth-order valence-corrected chi connectivity index (χ4v) is 4.43. The van der Waals surface area contributed by atoms with Crippen molar-refractivity contribution < 1.29 is 33.0 Å². The zero-order valence-corrected chi connectivity index (χ0v) is 20.2. The summed E-state index contributed by atoms with van der Waals surface area (Å²) in [5, 5.41) is 22.9. The average Bonchev–Trinajstić information content (AvgIpc) is 3.28. The van der Waals surface area contributed by atoms with Crippen LogP contribution in [0.1, 0.15) is 41.5 Å². The Labute approximate surface area is 215 Å². The number of hydrogen-bond donors (Lipinski definition) is 3. The Bertz CT molecular complexity index is 1450. The largest absolute Gasteiger partial charge is 0.507 e. The minimum absolute atomic E-state index is 0.0407. The van der Waals surface area contributed by atoms with E-state index in [0.717, 1.165) is 16.7 Å². The Morgan fingerprint density at radius 2 is 1.71 bits per heavy atom. The molecule has 0 bridgehead atoms. The fourth-order valence-electron chi connectivity index (χ4n) is 4.43. The normalized spacial score (nSPS) is 17.4. The lowest BCUT2D eigenvalue weighted by molar-refractivity contribution is -0.136. The van der Waals surface area contributed by atoms with Gasteiger partial charge in [-0.05, 0) is 54.7 Å². The third kappa shape index (κ3) is 6.03. The monoisotopic (exact) mass is 526 g/mol. The van der Waals surface area contributed by atoms with Crippen molar-refractivity contribution in [2.45, 2.75) is 44.4 Å². The zero-order valence-electron chi connectivity index (χ0n) is 20.2. The van der Waals surface area contributed by atoms with E-state index in [-0.39, 0.29) is 12.0 Å². The summed E-state index contributed by atoms with van der Waals surface area (Å²) < 4.78 is 43.8. The number of ketones is 1. The smallest absolute Gasteiger partial charge is 0.292 e. The van der Waals surface area contributed by atoms with Crippen LogP contribution < -0.4 is 10.9 Å². The predicted octanol–water partition coefficient (Wildman–Crippen LogP) is 3.40. The average molecular weight is 527 g/mol. The first-order chi connectivity index (χ1) is 18.1. The van der Waals surface area contributed by atoms with Gasteiger partial charge in [0.2, 0.25) is 5.78 Å². The molecule has 4 rings (SSSR count). The van der Waals surface area contributed by atoms with E-state index in [0.29, 0.717) is 30.9 Å². The van der Waals surface area contributed by atoms with Crippen molar-refractivity contribution >= 4 is 17.4 Å². The molecule has 10 heteroatoms. The van der Waals surface area contributed by atoms with Gasteiger partial charge in [0.15, 0.2) is 0 Å². The number of aromatic nitrogens is 1. The molecule has 1 amide bonds. The van der Waals surface area contributed by atoms with Crippen LogP contribution in [-0.4, -0.2) is 38.6 Å². The summed E-state index contributed by atoms with van der Waals surface area (Å²) >= 11 is 0. The van der Waals surface area contributed by atoms with Gasteiger partial charge in [-0.15, -0.1) is 0 Å². The van der Waals surface area contributed by atoms with E-state index in [1.54, 1.807) is 6.07 Å². The molecule has 1 saturated carbocycles. The highest BCUT2D eigenvalue weighted by atomic mass is 19.1. The highest BCUT2D eigenvalue weighted by molar-refractivity contribution is 6.41. The number of carbonyl (C=O) groups is 2. The van der Waals surface area contributed by atoms with Crippen molar-refractivity contribution in [2.75, 3.05) is 0 Å². The molecule has 1 aromatic heterocycles. The number of nitrogens with one attached hydrogen (secondary N) is 1. The number of hydrogen-bond acceptors (Lipinski definition) is 5. The lowest BCUT2D eigenvalue weighted by Gasteiger charge is -2.15. The van der Waals surface area contributed by atoms with Crippen molar-refractivity contribution in [3.63, 3.8) is 0 Å². The summed E-state index contributed by atoms with van der Waals surface area (Å²) in [6, 6.07) is 9.74. The maximum absolute atomic E-state index is 14.3. The number of aliphatic hydroxyl groups excluding tert-OH is 2. The summed E-state index contributed by atoms with van der Waals surface area (Å²) in [6.07, 6.45) is 2.68. The lowest BCUT2D eigenvalue weighted by Crippen LogP contribution is -2.42. The molecular weight excluding hydrogens is 501 g/mol. The Kier molecular flexibility index (Phi) is 8.11. The summed E-state index contributed by atoms with van der Waals surface area (Å²) in [7, 11) is 0. The molecule has 0 saturated heterocycles. The lowest BCUT2D eigenvalue weighted by atomic mass is 10.0. The molecule has 0 spiro atoms. The molecule has 0 radical (unpaired) electrons. The van der Waals surface area contributed by atoms with Gasteiger partial charge in [-0.1, -0.05) is 24.3 Å². The van der Waals surface area contributed by atoms with Crippen LogP contribution in [-0.2, 0) is 22.6 Å². The molecule has 0 aliphatic heterocycles. The van der Waals surface area contributed by atoms with Crippen LogP contribution in [0.2, 0.25) is 0 Å². The summed E-state index contributed by atoms with van der Waals surface area (Å²) in [6.45, 7) is -0.545. The van der Waals surface area contributed by atoms with E-state index < -0.39 is 70.3 Å². The van der Waals surface area contributed by atoms with Gasteiger partial charge in [-0.2, -0.15) is 0 Å². The topological polar surface area (TPSA) is 109 Å². The highest BCUT2D eigenvalue weighted by Crippen LogP contribution is 2.20. The molecule has 1 heterocycles. The van der Waals surface area contributed by atoms with E-state index in [4.69, 9.17) is 0 Å². The first-order valence-electron chi connectivity index (χ1n) is 12.0. The first kappa shape index (κ1) is 26.9. The number of halogens is 3. The van der Waals surface area contributed by atoms with Gasteiger partial charge < -0.3 is 20.1 Å². The number of pyridine rings is 1. The zero-order chi connectivity index (χ0) is 27.4. The summed E-state index contributed by atoms with van der Waals surface area (Å²) in [5.41, 5.74) is -1.16. The van der Waals surface area contributed by atoms with Gasteiger partial charge in [0.1, 0.15) is 23.2 Å². The molecule has 3 N–H and O–H groups in total. The number of benzene rings is 2. The molecule has 1 fully saturated rings. The summed E-state index contributed by atoms with van der Waals surface area (Å²) in [5.74, 6) is -5.38. The second-order valence-electron chi connectivity index (χ2n) is 9.14. The number of rotatable bonds is 8. The Hall–Kier alpha value is -4.18. The number of aliphatic hydroxyl groups is 2. The molecule has 38 heavy (non-hydrogen) atoms. The maximum atomic E-state index is 14.3. The van der Waals surface area contributed by atoms with Crippen LogP contribution in [0.4, 0.5) is 13.2 Å². The van der Waals surface area contributed by atoms with Crippen molar-refractivity contribution in [3.05, 3.63) is 111 Å². The third-order valence-corrected chi connectivity index (χ3v) is 6.45. The van der Waals surface area contributed by atoms with Crippen LogP contribution in [0.25, 0.3) is 5.76 Å². The Morgan fingerprint density at radius 1 is 1.03 bits per heavy atom.